The van der Waals surface area contributed by atoms with Gasteiger partial charge in [-0.3, -0.25) is 9.59 Å². The molecule has 1 aromatic heterocycles. The van der Waals surface area contributed by atoms with Crippen LogP contribution in [0.3, 0.4) is 0 Å². The lowest BCUT2D eigenvalue weighted by Gasteiger charge is -2.37. The van der Waals surface area contributed by atoms with E-state index in [1.165, 1.54) is 6.08 Å². The van der Waals surface area contributed by atoms with Gasteiger partial charge in [-0.2, -0.15) is 18.2 Å². The summed E-state index contributed by atoms with van der Waals surface area (Å²) < 4.78 is 42.0. The van der Waals surface area contributed by atoms with Crippen LogP contribution in [0.4, 0.5) is 13.2 Å². The molecule has 0 saturated carbocycles. The number of amides is 2. The normalized spacial score (nSPS) is 22.0. The second-order valence-electron chi connectivity index (χ2n) is 6.88. The number of halogens is 3. The minimum atomic E-state index is -4.66. The Labute approximate surface area is 154 Å². The van der Waals surface area contributed by atoms with Crippen LogP contribution in [-0.2, 0) is 15.8 Å². The van der Waals surface area contributed by atoms with Gasteiger partial charge in [-0.15, -0.1) is 0 Å². The third-order valence-corrected chi connectivity index (χ3v) is 5.11. The second-order valence-corrected chi connectivity index (χ2v) is 6.88. The molecule has 0 radical (unpaired) electrons. The number of piperidine rings is 2. The predicted octanol–water partition coefficient (Wildman–Crippen LogP) is 2.22. The van der Waals surface area contributed by atoms with Crippen LogP contribution in [0.5, 0.6) is 0 Å². The summed E-state index contributed by atoms with van der Waals surface area (Å²) in [5, 5.41) is 3.44. The Balaban J connectivity index is 1.55. The fourth-order valence-corrected chi connectivity index (χ4v) is 3.64. The molecular formula is C17H21F3N4O3. The fourth-order valence-electron chi connectivity index (χ4n) is 3.64. The summed E-state index contributed by atoms with van der Waals surface area (Å²) in [4.78, 5) is 31.3. The Bertz CT molecular complexity index is 711. The van der Waals surface area contributed by atoms with E-state index in [0.29, 0.717) is 39.0 Å². The van der Waals surface area contributed by atoms with Crippen molar-refractivity contribution in [3.63, 3.8) is 0 Å². The molecule has 0 bridgehead atoms. The van der Waals surface area contributed by atoms with Crippen LogP contribution in [0, 0.1) is 5.92 Å². The van der Waals surface area contributed by atoms with Crippen molar-refractivity contribution in [2.75, 3.05) is 26.2 Å². The van der Waals surface area contributed by atoms with Crippen LogP contribution in [-0.4, -0.2) is 57.9 Å². The van der Waals surface area contributed by atoms with E-state index in [1.54, 1.807) is 9.80 Å². The fraction of sp³-hybridized carbons (Fsp3) is 0.647. The number of alkyl halides is 3. The van der Waals surface area contributed by atoms with Gasteiger partial charge in [-0.05, 0) is 31.8 Å². The minimum absolute atomic E-state index is 0.0147. The smallest absolute Gasteiger partial charge is 0.342 e. The van der Waals surface area contributed by atoms with E-state index < -0.39 is 12.1 Å². The van der Waals surface area contributed by atoms with Gasteiger partial charge in [0, 0.05) is 32.1 Å². The zero-order valence-electron chi connectivity index (χ0n) is 14.7. The van der Waals surface area contributed by atoms with Crippen LogP contribution in [0.2, 0.25) is 0 Å². The molecular weight excluding hydrogens is 365 g/mol. The van der Waals surface area contributed by atoms with Gasteiger partial charge >= 0.3 is 12.1 Å². The summed E-state index contributed by atoms with van der Waals surface area (Å²) in [6, 6.07) is 0. The summed E-state index contributed by atoms with van der Waals surface area (Å²) in [6.45, 7) is 5.32. The summed E-state index contributed by atoms with van der Waals surface area (Å²) in [7, 11) is 0. The number of likely N-dealkylation sites (tertiary alicyclic amines) is 2. The maximum atomic E-state index is 12.8. The van der Waals surface area contributed by atoms with Crippen LogP contribution in [0.25, 0.3) is 0 Å². The molecule has 0 N–H and O–H groups in total. The third-order valence-electron chi connectivity index (χ3n) is 5.11. The zero-order chi connectivity index (χ0) is 19.6. The van der Waals surface area contributed by atoms with E-state index in [2.05, 4.69) is 21.2 Å². The molecule has 1 aromatic rings. The molecule has 0 aromatic carbocycles. The Morgan fingerprint density at radius 1 is 1.15 bits per heavy atom. The summed E-state index contributed by atoms with van der Waals surface area (Å²) >= 11 is 0. The number of rotatable bonds is 3. The first kappa shape index (κ1) is 19.4. The third kappa shape index (κ3) is 4.30. The quantitative estimate of drug-likeness (QED) is 0.745. The van der Waals surface area contributed by atoms with Crippen molar-refractivity contribution in [3.8, 4) is 0 Å². The second kappa shape index (κ2) is 7.69. The number of carbonyl (C=O) groups is 2. The molecule has 2 aliphatic heterocycles. The number of hydrogen-bond donors (Lipinski definition) is 0. The number of nitrogens with zero attached hydrogens (tertiary/aromatic N) is 4. The Hall–Kier alpha value is -2.39. The van der Waals surface area contributed by atoms with Crippen molar-refractivity contribution in [3.05, 3.63) is 24.4 Å². The molecule has 2 aliphatic rings. The minimum Gasteiger partial charge on any atom is -0.342 e. The van der Waals surface area contributed by atoms with Gasteiger partial charge in [0.25, 0.3) is 0 Å². The van der Waals surface area contributed by atoms with Gasteiger partial charge in [0.15, 0.2) is 5.82 Å². The van der Waals surface area contributed by atoms with Crippen molar-refractivity contribution in [1.29, 1.82) is 0 Å². The van der Waals surface area contributed by atoms with Gasteiger partial charge < -0.3 is 14.3 Å². The summed E-state index contributed by atoms with van der Waals surface area (Å²) in [5.41, 5.74) is 0. The van der Waals surface area contributed by atoms with Crippen LogP contribution >= 0.6 is 0 Å². The lowest BCUT2D eigenvalue weighted by molar-refractivity contribution is -0.159. The van der Waals surface area contributed by atoms with Crippen molar-refractivity contribution >= 4 is 11.8 Å². The molecule has 1 atom stereocenters. The molecule has 0 aliphatic carbocycles. The predicted molar refractivity (Wildman–Crippen MR) is 87.4 cm³/mol. The number of carbonyl (C=O) groups excluding carboxylic acids is 2. The van der Waals surface area contributed by atoms with Crippen LogP contribution in [0.1, 0.15) is 43.3 Å². The van der Waals surface area contributed by atoms with E-state index >= 15 is 0 Å². The maximum Gasteiger partial charge on any atom is 0.471 e. The molecule has 10 heteroatoms. The largest absolute Gasteiger partial charge is 0.471 e. The molecule has 2 saturated heterocycles. The SMILES string of the molecule is C=CC(=O)N1CCCC(C(=O)N2CCC(c3noc(C(F)(F)F)n3)CC2)C1. The highest BCUT2D eigenvalue weighted by molar-refractivity contribution is 5.88. The van der Waals surface area contributed by atoms with Crippen LogP contribution < -0.4 is 0 Å². The van der Waals surface area contributed by atoms with Gasteiger partial charge in [0.1, 0.15) is 0 Å². The summed E-state index contributed by atoms with van der Waals surface area (Å²) in [6.07, 6.45) is -0.972. The highest BCUT2D eigenvalue weighted by Crippen LogP contribution is 2.32. The van der Waals surface area contributed by atoms with E-state index in [-0.39, 0.29) is 29.5 Å². The Kier molecular flexibility index (Phi) is 5.52. The first-order valence-corrected chi connectivity index (χ1v) is 8.90. The molecule has 2 fully saturated rings. The van der Waals surface area contributed by atoms with Gasteiger partial charge in [0.05, 0.1) is 5.92 Å². The van der Waals surface area contributed by atoms with Gasteiger partial charge in [-0.1, -0.05) is 11.7 Å². The maximum absolute atomic E-state index is 12.8. The van der Waals surface area contributed by atoms with Crippen molar-refractivity contribution < 1.29 is 27.3 Å². The van der Waals surface area contributed by atoms with E-state index in [0.717, 1.165) is 12.8 Å². The molecule has 7 nitrogen and oxygen atoms in total. The van der Waals surface area contributed by atoms with E-state index in [9.17, 15) is 22.8 Å². The Morgan fingerprint density at radius 3 is 2.44 bits per heavy atom. The van der Waals surface area contributed by atoms with Crippen molar-refractivity contribution in [2.24, 2.45) is 5.92 Å². The average molecular weight is 386 g/mol. The van der Waals surface area contributed by atoms with E-state index in [4.69, 9.17) is 0 Å². The summed E-state index contributed by atoms with van der Waals surface area (Å²) in [5.74, 6) is -2.01. The van der Waals surface area contributed by atoms with Gasteiger partial charge in [-0.25, -0.2) is 0 Å². The number of aromatic nitrogens is 2. The topological polar surface area (TPSA) is 79.5 Å². The molecule has 1 unspecified atom stereocenters. The molecule has 27 heavy (non-hydrogen) atoms. The zero-order valence-corrected chi connectivity index (χ0v) is 14.7. The average Bonchev–Trinajstić information content (AvgIpc) is 3.18. The lowest BCUT2D eigenvalue weighted by atomic mass is 9.92. The lowest BCUT2D eigenvalue weighted by Crippen LogP contribution is -2.48. The van der Waals surface area contributed by atoms with Crippen LogP contribution in [0.15, 0.2) is 17.2 Å². The van der Waals surface area contributed by atoms with Gasteiger partial charge in [0.2, 0.25) is 11.8 Å². The first-order chi connectivity index (χ1) is 12.8. The Morgan fingerprint density at radius 2 is 1.85 bits per heavy atom. The molecule has 148 valence electrons. The van der Waals surface area contributed by atoms with Crippen molar-refractivity contribution in [1.82, 2.24) is 19.9 Å². The standard InChI is InChI=1S/C17H21F3N4O3/c1-2-13(25)24-7-3-4-12(10-24)15(26)23-8-5-11(6-9-23)14-21-16(27-22-14)17(18,19)20/h2,11-12H,1,3-10H2. The molecule has 3 rings (SSSR count). The highest BCUT2D eigenvalue weighted by atomic mass is 19.4. The number of hydrogen-bond acceptors (Lipinski definition) is 5. The van der Waals surface area contributed by atoms with Crippen molar-refractivity contribution in [2.45, 2.75) is 37.8 Å². The monoisotopic (exact) mass is 386 g/mol. The molecule has 0 spiro atoms. The first-order valence-electron chi connectivity index (χ1n) is 8.90. The van der Waals surface area contributed by atoms with E-state index in [1.807, 2.05) is 0 Å². The molecule has 3 heterocycles. The molecule has 2 amide bonds. The highest BCUT2D eigenvalue weighted by Gasteiger charge is 2.40.